The second kappa shape index (κ2) is 11.2. The van der Waals surface area contributed by atoms with Gasteiger partial charge in [0, 0.05) is 25.8 Å². The van der Waals surface area contributed by atoms with Crippen LogP contribution in [0.5, 0.6) is 17.6 Å². The standard InChI is InChI=1S/C21H26N6O9S/c1-33-7-8-35-21(29)27-13-3-5-16(27)18(19(28)25-30)26(12-13)37(31,32)15-4-6-17(22-11-15)36-14-9-23-20(34-2)24-10-14/h4,6,9-11,13,16,18,30H,3,5,7-8,12H2,1-2H3,(H,25,28)/t13-,16+,18-/m1/s1. The highest BCUT2D eigenvalue weighted by atomic mass is 32.2. The molecular weight excluding hydrogens is 512 g/mol. The maximum atomic E-state index is 13.6. The van der Waals surface area contributed by atoms with Crippen molar-refractivity contribution in [1.82, 2.24) is 29.6 Å². The number of hydroxylamine groups is 1. The zero-order valence-electron chi connectivity index (χ0n) is 20.0. The van der Waals surface area contributed by atoms with Gasteiger partial charge in [-0.25, -0.2) is 23.7 Å². The van der Waals surface area contributed by atoms with Gasteiger partial charge in [-0.3, -0.25) is 14.9 Å². The average molecular weight is 539 g/mol. The number of pyridine rings is 1. The lowest BCUT2D eigenvalue weighted by atomic mass is 10.1. The van der Waals surface area contributed by atoms with E-state index in [0.717, 1.165) is 10.5 Å². The molecule has 2 saturated heterocycles. The van der Waals surface area contributed by atoms with Crippen LogP contribution in [0.2, 0.25) is 0 Å². The zero-order chi connectivity index (χ0) is 26.6. The summed E-state index contributed by atoms with van der Waals surface area (Å²) in [4.78, 5) is 38.4. The number of sulfonamides is 1. The molecule has 2 aliphatic heterocycles. The van der Waals surface area contributed by atoms with Gasteiger partial charge in [-0.05, 0) is 18.9 Å². The van der Waals surface area contributed by atoms with Gasteiger partial charge >= 0.3 is 12.1 Å². The fourth-order valence-corrected chi connectivity index (χ4v) is 6.00. The van der Waals surface area contributed by atoms with Gasteiger partial charge < -0.3 is 18.9 Å². The topological polar surface area (TPSA) is 183 Å². The summed E-state index contributed by atoms with van der Waals surface area (Å²) in [5, 5.41) is 9.36. The second-order valence-corrected chi connectivity index (χ2v) is 10.0. The van der Waals surface area contributed by atoms with Crippen LogP contribution in [-0.2, 0) is 24.3 Å². The van der Waals surface area contributed by atoms with Gasteiger partial charge in [-0.2, -0.15) is 14.3 Å². The molecule has 0 aromatic carbocycles. The fourth-order valence-electron chi connectivity index (χ4n) is 4.40. The van der Waals surface area contributed by atoms with Gasteiger partial charge in [0.2, 0.25) is 15.9 Å². The molecule has 16 heteroatoms. The molecule has 15 nitrogen and oxygen atoms in total. The molecule has 2 N–H and O–H groups in total. The smallest absolute Gasteiger partial charge is 0.410 e. The van der Waals surface area contributed by atoms with Crippen molar-refractivity contribution in [2.24, 2.45) is 0 Å². The van der Waals surface area contributed by atoms with E-state index >= 15 is 0 Å². The van der Waals surface area contributed by atoms with Crippen LogP contribution in [0.3, 0.4) is 0 Å². The molecule has 2 aliphatic rings. The summed E-state index contributed by atoms with van der Waals surface area (Å²) in [6, 6.07) is 0.0562. The van der Waals surface area contributed by atoms with E-state index in [1.165, 1.54) is 49.1 Å². The zero-order valence-corrected chi connectivity index (χ0v) is 20.8. The highest BCUT2D eigenvalue weighted by Gasteiger charge is 2.55. The first-order valence-corrected chi connectivity index (χ1v) is 12.6. The van der Waals surface area contributed by atoms with E-state index in [9.17, 15) is 23.2 Å². The minimum atomic E-state index is -4.26. The number of fused-ring (bicyclic) bond motifs is 2. The van der Waals surface area contributed by atoms with Crippen molar-refractivity contribution in [1.29, 1.82) is 0 Å². The maximum Gasteiger partial charge on any atom is 0.410 e. The summed E-state index contributed by atoms with van der Waals surface area (Å²) >= 11 is 0. The van der Waals surface area contributed by atoms with E-state index in [0.29, 0.717) is 12.8 Å². The van der Waals surface area contributed by atoms with Crippen molar-refractivity contribution < 1.29 is 42.2 Å². The number of rotatable bonds is 9. The van der Waals surface area contributed by atoms with Crippen molar-refractivity contribution in [3.05, 3.63) is 30.7 Å². The summed E-state index contributed by atoms with van der Waals surface area (Å²) in [5.74, 6) is -0.620. The van der Waals surface area contributed by atoms with Crippen molar-refractivity contribution in [3.8, 4) is 17.6 Å². The lowest BCUT2D eigenvalue weighted by molar-refractivity contribution is -0.136. The summed E-state index contributed by atoms with van der Waals surface area (Å²) < 4.78 is 48.6. The van der Waals surface area contributed by atoms with E-state index in [-0.39, 0.29) is 42.3 Å². The molecule has 4 rings (SSSR count). The number of nitrogens with zero attached hydrogens (tertiary/aromatic N) is 5. The van der Waals surface area contributed by atoms with Gasteiger partial charge in [0.15, 0.2) is 5.75 Å². The molecule has 0 radical (unpaired) electrons. The average Bonchev–Trinajstić information content (AvgIpc) is 3.22. The molecule has 0 unspecified atom stereocenters. The number of amides is 2. The highest BCUT2D eigenvalue weighted by Crippen LogP contribution is 2.38. The number of methoxy groups -OCH3 is 2. The van der Waals surface area contributed by atoms with Crippen molar-refractivity contribution >= 4 is 22.0 Å². The van der Waals surface area contributed by atoms with Crippen LogP contribution in [-0.4, -0.2) is 102 Å². The van der Waals surface area contributed by atoms with Gasteiger partial charge in [0.25, 0.3) is 5.91 Å². The summed E-state index contributed by atoms with van der Waals surface area (Å²) in [5.41, 5.74) is 1.53. The molecule has 2 fully saturated rings. The highest BCUT2D eigenvalue weighted by molar-refractivity contribution is 7.89. The van der Waals surface area contributed by atoms with E-state index in [2.05, 4.69) is 15.0 Å². The first kappa shape index (κ1) is 26.5. The summed E-state index contributed by atoms with van der Waals surface area (Å²) in [6.45, 7) is 0.0266. The Morgan fingerprint density at radius 2 is 1.86 bits per heavy atom. The number of carbonyl (C=O) groups excluding carboxylic acids is 2. The minimum absolute atomic E-state index is 0.00683. The number of carbonyl (C=O) groups is 2. The number of nitrogens with one attached hydrogen (secondary N) is 1. The first-order chi connectivity index (χ1) is 17.8. The van der Waals surface area contributed by atoms with Crippen LogP contribution in [0.4, 0.5) is 4.79 Å². The van der Waals surface area contributed by atoms with Crippen molar-refractivity contribution in [3.63, 3.8) is 0 Å². The predicted octanol–water partition coefficient (Wildman–Crippen LogP) is 0.167. The van der Waals surface area contributed by atoms with Crippen LogP contribution in [0.1, 0.15) is 12.8 Å². The van der Waals surface area contributed by atoms with Crippen LogP contribution in [0.15, 0.2) is 35.6 Å². The lowest BCUT2D eigenvalue weighted by Gasteiger charge is -2.44. The predicted molar refractivity (Wildman–Crippen MR) is 122 cm³/mol. The van der Waals surface area contributed by atoms with Crippen molar-refractivity contribution in [2.75, 3.05) is 34.0 Å². The van der Waals surface area contributed by atoms with E-state index in [1.54, 1.807) is 0 Å². The van der Waals surface area contributed by atoms with Gasteiger partial charge in [0.1, 0.15) is 17.5 Å². The Hall–Kier alpha value is -3.60. The number of hydrogen-bond acceptors (Lipinski definition) is 12. The maximum absolute atomic E-state index is 13.6. The van der Waals surface area contributed by atoms with Crippen LogP contribution in [0, 0.1) is 0 Å². The fraction of sp³-hybridized carbons (Fsp3) is 0.476. The van der Waals surface area contributed by atoms with E-state index < -0.39 is 40.1 Å². The third-order valence-corrected chi connectivity index (χ3v) is 7.87. The molecular formula is C21H26N6O9S. The molecule has 2 bridgehead atoms. The van der Waals surface area contributed by atoms with E-state index in [4.69, 9.17) is 18.9 Å². The molecule has 0 aliphatic carbocycles. The molecule has 37 heavy (non-hydrogen) atoms. The third kappa shape index (κ3) is 5.41. The number of hydrogen-bond donors (Lipinski definition) is 2. The SMILES string of the molecule is COCCOC(=O)N1[C@@H]2CC[C@H]1[C@H](C(=O)NO)N(S(=O)(=O)c1ccc(Oc3cnc(OC)nc3)nc1)C2. The third-order valence-electron chi connectivity index (χ3n) is 6.04. The first-order valence-electron chi connectivity index (χ1n) is 11.2. The Balaban J connectivity index is 1.54. The van der Waals surface area contributed by atoms with Gasteiger partial charge in [0.05, 0.1) is 38.3 Å². The lowest BCUT2D eigenvalue weighted by Crippen LogP contribution is -2.66. The van der Waals surface area contributed by atoms with E-state index in [1.807, 2.05) is 0 Å². The monoisotopic (exact) mass is 538 g/mol. The van der Waals surface area contributed by atoms with Crippen LogP contribution < -0.4 is 15.0 Å². The molecule has 2 aromatic rings. The Labute approximate surface area is 212 Å². The quantitative estimate of drug-likeness (QED) is 0.251. The normalized spacial score (nSPS) is 21.4. The molecule has 2 amide bonds. The Morgan fingerprint density at radius 3 is 2.49 bits per heavy atom. The minimum Gasteiger partial charge on any atom is -0.467 e. The molecule has 0 spiro atoms. The number of aromatic nitrogens is 3. The summed E-state index contributed by atoms with van der Waals surface area (Å²) in [6.07, 6.45) is 3.96. The van der Waals surface area contributed by atoms with Gasteiger partial charge in [-0.1, -0.05) is 0 Å². The molecule has 2 aromatic heterocycles. The largest absolute Gasteiger partial charge is 0.467 e. The molecule has 4 heterocycles. The number of ether oxygens (including phenoxy) is 4. The second-order valence-electron chi connectivity index (χ2n) is 8.15. The molecule has 200 valence electrons. The van der Waals surface area contributed by atoms with Crippen LogP contribution in [0.25, 0.3) is 0 Å². The van der Waals surface area contributed by atoms with Crippen molar-refractivity contribution in [2.45, 2.75) is 35.9 Å². The molecule has 0 saturated carbocycles. The number of piperazine rings is 1. The van der Waals surface area contributed by atoms with Gasteiger partial charge in [-0.15, -0.1) is 0 Å². The Bertz CT molecular complexity index is 1210. The van der Waals surface area contributed by atoms with Crippen LogP contribution >= 0.6 is 0 Å². The Morgan fingerprint density at radius 1 is 1.11 bits per heavy atom. The molecule has 3 atom stereocenters. The summed E-state index contributed by atoms with van der Waals surface area (Å²) in [7, 11) is -1.37. The Kier molecular flexibility index (Phi) is 8.01.